The van der Waals surface area contributed by atoms with Gasteiger partial charge in [-0.2, -0.15) is 0 Å². The molecule has 0 saturated heterocycles. The molecule has 8 heteroatoms. The van der Waals surface area contributed by atoms with Crippen LogP contribution in [0.3, 0.4) is 0 Å². The third kappa shape index (κ3) is 3.34. The first-order valence-corrected chi connectivity index (χ1v) is 9.03. The number of aromatic nitrogens is 1. The minimum absolute atomic E-state index is 0.0418. The van der Waals surface area contributed by atoms with Crippen LogP contribution >= 0.6 is 11.3 Å². The van der Waals surface area contributed by atoms with Gasteiger partial charge in [0.1, 0.15) is 0 Å². The van der Waals surface area contributed by atoms with Crippen LogP contribution in [-0.4, -0.2) is 24.5 Å². The van der Waals surface area contributed by atoms with Crippen molar-refractivity contribution in [1.82, 2.24) is 9.71 Å². The van der Waals surface area contributed by atoms with E-state index in [1.54, 1.807) is 12.1 Å². The first-order chi connectivity index (χ1) is 10.5. The molecule has 2 N–H and O–H groups in total. The summed E-state index contributed by atoms with van der Waals surface area (Å²) in [6, 6.07) is 6.18. The first kappa shape index (κ1) is 15.1. The van der Waals surface area contributed by atoms with E-state index < -0.39 is 16.0 Å². The highest BCUT2D eigenvalue weighted by molar-refractivity contribution is 7.91. The highest BCUT2D eigenvalue weighted by Gasteiger charge is 2.28. The summed E-state index contributed by atoms with van der Waals surface area (Å²) in [5.41, 5.74) is 0.723. The van der Waals surface area contributed by atoms with E-state index in [0.717, 1.165) is 17.8 Å². The molecule has 0 unspecified atom stereocenters. The Kier molecular flexibility index (Phi) is 3.98. The third-order valence-corrected chi connectivity index (χ3v) is 6.36. The number of nitrogens with one attached hydrogen (secondary N) is 1. The van der Waals surface area contributed by atoms with Gasteiger partial charge in [0.05, 0.1) is 16.8 Å². The molecule has 116 valence electrons. The lowest BCUT2D eigenvalue weighted by molar-refractivity contribution is 0.0696. The second-order valence-corrected chi connectivity index (χ2v) is 8.18. The number of rotatable bonds is 6. The Labute approximate surface area is 131 Å². The average Bonchev–Trinajstić information content (AvgIpc) is 3.22. The fraction of sp³-hybridized carbons (Fsp3) is 0.286. The maximum atomic E-state index is 12.2. The van der Waals surface area contributed by atoms with E-state index in [0.29, 0.717) is 11.5 Å². The van der Waals surface area contributed by atoms with Gasteiger partial charge >= 0.3 is 5.97 Å². The van der Waals surface area contributed by atoms with E-state index in [-0.39, 0.29) is 16.3 Å². The molecule has 0 bridgehead atoms. The normalized spacial score (nSPS) is 14.9. The number of carbonyl (C=O) groups is 1. The van der Waals surface area contributed by atoms with Crippen molar-refractivity contribution < 1.29 is 18.3 Å². The van der Waals surface area contributed by atoms with Crippen LogP contribution < -0.4 is 4.72 Å². The van der Waals surface area contributed by atoms with Crippen molar-refractivity contribution in [3.8, 4) is 0 Å². The van der Waals surface area contributed by atoms with E-state index in [2.05, 4.69) is 9.71 Å². The molecule has 1 fully saturated rings. The average molecular weight is 338 g/mol. The van der Waals surface area contributed by atoms with E-state index in [4.69, 9.17) is 5.11 Å². The molecule has 22 heavy (non-hydrogen) atoms. The minimum Gasteiger partial charge on any atom is -0.478 e. The summed E-state index contributed by atoms with van der Waals surface area (Å²) in [5, 5.41) is 9.80. The molecule has 6 nitrogen and oxygen atoms in total. The minimum atomic E-state index is -3.62. The third-order valence-electron chi connectivity index (χ3n) is 3.33. The number of hydrogen-bond donors (Lipinski definition) is 2. The maximum Gasteiger partial charge on any atom is 0.335 e. The Balaban J connectivity index is 1.71. The van der Waals surface area contributed by atoms with Crippen molar-refractivity contribution in [1.29, 1.82) is 0 Å². The summed E-state index contributed by atoms with van der Waals surface area (Å²) < 4.78 is 27.1. The maximum absolute atomic E-state index is 12.2. The topological polar surface area (TPSA) is 96.4 Å². The number of carboxylic acids is 1. The summed E-state index contributed by atoms with van der Waals surface area (Å²) in [6.07, 6.45) is 3.53. The van der Waals surface area contributed by atoms with Gasteiger partial charge in [-0.1, -0.05) is 12.1 Å². The van der Waals surface area contributed by atoms with Gasteiger partial charge in [0, 0.05) is 12.5 Å². The lowest BCUT2D eigenvalue weighted by Crippen LogP contribution is -2.22. The smallest absolute Gasteiger partial charge is 0.335 e. The summed E-state index contributed by atoms with van der Waals surface area (Å²) >= 11 is 1.20. The molecular weight excluding hydrogens is 324 g/mol. The summed E-state index contributed by atoms with van der Waals surface area (Å²) in [6.45, 7) is 0.0418. The van der Waals surface area contributed by atoms with Crippen molar-refractivity contribution in [2.24, 2.45) is 0 Å². The van der Waals surface area contributed by atoms with E-state index in [1.165, 1.54) is 29.7 Å². The lowest BCUT2D eigenvalue weighted by Gasteiger charge is -2.05. The molecule has 3 rings (SSSR count). The van der Waals surface area contributed by atoms with E-state index in [1.807, 2.05) is 0 Å². The van der Waals surface area contributed by atoms with Crippen LogP contribution in [0.4, 0.5) is 0 Å². The van der Waals surface area contributed by atoms with Crippen molar-refractivity contribution in [3.05, 3.63) is 46.6 Å². The number of sulfonamides is 1. The Hall–Kier alpha value is -1.77. The Morgan fingerprint density at radius 2 is 2.18 bits per heavy atom. The van der Waals surface area contributed by atoms with Gasteiger partial charge in [0.25, 0.3) is 10.0 Å². The number of benzene rings is 1. The molecule has 0 aliphatic heterocycles. The van der Waals surface area contributed by atoms with Crippen molar-refractivity contribution >= 4 is 27.3 Å². The Bertz CT molecular complexity index is 810. The molecule has 2 aromatic rings. The van der Waals surface area contributed by atoms with Gasteiger partial charge in [0.15, 0.2) is 4.21 Å². The van der Waals surface area contributed by atoms with Crippen LogP contribution in [0.2, 0.25) is 0 Å². The second kappa shape index (κ2) is 5.79. The largest absolute Gasteiger partial charge is 0.478 e. The van der Waals surface area contributed by atoms with Gasteiger partial charge in [-0.05, 0) is 30.5 Å². The Morgan fingerprint density at radius 3 is 2.86 bits per heavy atom. The van der Waals surface area contributed by atoms with Crippen LogP contribution in [0.5, 0.6) is 0 Å². The highest BCUT2D eigenvalue weighted by Crippen LogP contribution is 2.42. The summed E-state index contributed by atoms with van der Waals surface area (Å²) in [5.74, 6) is -0.623. The van der Waals surface area contributed by atoms with Crippen LogP contribution in [0.15, 0.2) is 34.7 Å². The van der Waals surface area contributed by atoms with Crippen molar-refractivity contribution in [2.45, 2.75) is 29.5 Å². The van der Waals surface area contributed by atoms with Gasteiger partial charge in [-0.25, -0.2) is 22.9 Å². The lowest BCUT2D eigenvalue weighted by atomic mass is 10.1. The number of carboxylic acid groups (broad SMARTS) is 1. The van der Waals surface area contributed by atoms with Crippen LogP contribution in [0, 0.1) is 0 Å². The van der Waals surface area contributed by atoms with Gasteiger partial charge in [-0.3, -0.25) is 0 Å². The van der Waals surface area contributed by atoms with Gasteiger partial charge in [0.2, 0.25) is 0 Å². The molecule has 1 heterocycles. The zero-order chi connectivity index (χ0) is 15.7. The van der Waals surface area contributed by atoms with Crippen LogP contribution in [0.25, 0.3) is 0 Å². The highest BCUT2D eigenvalue weighted by atomic mass is 32.2. The van der Waals surface area contributed by atoms with Gasteiger partial charge in [-0.15, -0.1) is 11.3 Å². The van der Waals surface area contributed by atoms with Crippen molar-refractivity contribution in [3.63, 3.8) is 0 Å². The van der Waals surface area contributed by atoms with Crippen LogP contribution in [0.1, 0.15) is 39.7 Å². The molecule has 0 atom stereocenters. The molecular formula is C14H14N2O4S2. The quantitative estimate of drug-likeness (QED) is 0.842. The molecule has 0 spiro atoms. The zero-order valence-electron chi connectivity index (χ0n) is 11.5. The zero-order valence-corrected chi connectivity index (χ0v) is 13.2. The number of aromatic carboxylic acids is 1. The molecule has 1 aromatic carbocycles. The van der Waals surface area contributed by atoms with E-state index >= 15 is 0 Å². The number of thiazole rings is 1. The molecule has 1 aliphatic rings. The molecule has 0 radical (unpaired) electrons. The standard InChI is InChI=1S/C14H14N2O4S2/c17-14(18)11-3-1-2-9(6-11)7-16-22(19,20)12-8-15-13(21-12)10-4-5-10/h1-3,6,8,10,16H,4-5,7H2,(H,17,18). The fourth-order valence-corrected chi connectivity index (χ4v) is 4.36. The first-order valence-electron chi connectivity index (χ1n) is 6.73. The monoisotopic (exact) mass is 338 g/mol. The fourth-order valence-electron chi connectivity index (χ4n) is 1.98. The Morgan fingerprint density at radius 1 is 1.41 bits per heavy atom. The summed E-state index contributed by atoms with van der Waals surface area (Å²) in [7, 11) is -3.62. The predicted octanol–water partition coefficient (Wildman–Crippen LogP) is 2.20. The number of nitrogens with zero attached hydrogens (tertiary/aromatic N) is 1. The van der Waals surface area contributed by atoms with Gasteiger partial charge < -0.3 is 5.11 Å². The SMILES string of the molecule is O=C(O)c1cccc(CNS(=O)(=O)c2cnc(C3CC3)s2)c1. The molecule has 1 aliphatic carbocycles. The predicted molar refractivity (Wildman–Crippen MR) is 81.5 cm³/mol. The summed E-state index contributed by atoms with van der Waals surface area (Å²) in [4.78, 5) is 15.1. The van der Waals surface area contributed by atoms with E-state index in [9.17, 15) is 13.2 Å². The molecule has 1 saturated carbocycles. The molecule has 0 amide bonds. The van der Waals surface area contributed by atoms with Crippen molar-refractivity contribution in [2.75, 3.05) is 0 Å². The van der Waals surface area contributed by atoms with Crippen LogP contribution in [-0.2, 0) is 16.6 Å². The molecule has 1 aromatic heterocycles. The number of hydrogen-bond acceptors (Lipinski definition) is 5. The second-order valence-electron chi connectivity index (χ2n) is 5.12.